The molecule has 0 unspecified atom stereocenters. The summed E-state index contributed by atoms with van der Waals surface area (Å²) in [5, 5.41) is 8.47. The van der Waals surface area contributed by atoms with Gasteiger partial charge in [0.1, 0.15) is 0 Å². The van der Waals surface area contributed by atoms with Gasteiger partial charge in [0.05, 0.1) is 13.2 Å². The summed E-state index contributed by atoms with van der Waals surface area (Å²) < 4.78 is 38.3. The summed E-state index contributed by atoms with van der Waals surface area (Å²) in [5.74, 6) is -1.06. The average molecular weight is 229 g/mol. The Hall–Kier alpha value is -0.820. The summed E-state index contributed by atoms with van der Waals surface area (Å²) >= 11 is 0. The van der Waals surface area contributed by atoms with Crippen LogP contribution in [0, 0.1) is 0 Å². The first kappa shape index (κ1) is 14.2. The van der Waals surface area contributed by atoms with Crippen LogP contribution in [-0.4, -0.2) is 48.6 Å². The predicted octanol–water partition coefficient (Wildman–Crippen LogP) is 1.32. The molecule has 0 rings (SSSR count). The van der Waals surface area contributed by atoms with Gasteiger partial charge in [-0.3, -0.25) is 14.4 Å². The number of carbonyl (C=O) groups is 1. The molecule has 0 atom stereocenters. The van der Waals surface area contributed by atoms with Gasteiger partial charge in [0.2, 0.25) is 0 Å². The largest absolute Gasteiger partial charge is 0.522 e. The van der Waals surface area contributed by atoms with Crippen LogP contribution in [0.1, 0.15) is 13.3 Å². The lowest BCUT2D eigenvalue weighted by Gasteiger charge is -2.19. The highest BCUT2D eigenvalue weighted by Crippen LogP contribution is 2.15. The van der Waals surface area contributed by atoms with Gasteiger partial charge in [-0.15, -0.1) is 13.2 Å². The number of halogens is 3. The van der Waals surface area contributed by atoms with E-state index in [0.717, 1.165) is 0 Å². The SMILES string of the molecule is CCCN(CCOC(F)(F)F)CC(=O)O. The molecule has 1 N–H and O–H groups in total. The molecule has 0 saturated carbocycles. The number of aliphatic carboxylic acids is 1. The summed E-state index contributed by atoms with van der Waals surface area (Å²) in [6.07, 6.45) is -3.97. The number of rotatable bonds is 7. The number of nitrogens with zero attached hydrogens (tertiary/aromatic N) is 1. The van der Waals surface area contributed by atoms with E-state index < -0.39 is 18.9 Å². The highest BCUT2D eigenvalue weighted by molar-refractivity contribution is 5.69. The Balaban J connectivity index is 3.80. The highest BCUT2D eigenvalue weighted by atomic mass is 19.4. The molecule has 0 aromatic heterocycles. The van der Waals surface area contributed by atoms with E-state index in [1.165, 1.54) is 4.90 Å². The lowest BCUT2D eigenvalue weighted by Crippen LogP contribution is -2.34. The van der Waals surface area contributed by atoms with Gasteiger partial charge in [-0.2, -0.15) is 0 Å². The van der Waals surface area contributed by atoms with E-state index in [1.807, 2.05) is 6.92 Å². The zero-order valence-electron chi connectivity index (χ0n) is 8.38. The first-order chi connectivity index (χ1) is 6.85. The Morgan fingerprint density at radius 3 is 2.40 bits per heavy atom. The zero-order valence-corrected chi connectivity index (χ0v) is 8.38. The summed E-state index contributed by atoms with van der Waals surface area (Å²) in [5.41, 5.74) is 0. The maximum Gasteiger partial charge on any atom is 0.522 e. The minimum absolute atomic E-state index is 0.0420. The van der Waals surface area contributed by atoms with E-state index in [-0.39, 0.29) is 13.1 Å². The number of carboxylic acid groups (broad SMARTS) is 1. The van der Waals surface area contributed by atoms with Gasteiger partial charge in [-0.1, -0.05) is 6.92 Å². The van der Waals surface area contributed by atoms with Gasteiger partial charge >= 0.3 is 12.3 Å². The molecule has 0 heterocycles. The summed E-state index contributed by atoms with van der Waals surface area (Å²) in [7, 11) is 0. The molecule has 15 heavy (non-hydrogen) atoms. The third-order valence-corrected chi connectivity index (χ3v) is 1.57. The minimum atomic E-state index is -4.65. The number of hydrogen-bond acceptors (Lipinski definition) is 3. The molecular formula is C8H14F3NO3. The summed E-state index contributed by atoms with van der Waals surface area (Å²) in [6, 6.07) is 0. The number of carboxylic acids is 1. The molecule has 0 aromatic rings. The smallest absolute Gasteiger partial charge is 0.480 e. The lowest BCUT2D eigenvalue weighted by atomic mass is 10.4. The first-order valence-electron chi connectivity index (χ1n) is 4.50. The molecule has 0 amide bonds. The fourth-order valence-corrected chi connectivity index (χ4v) is 1.07. The fourth-order valence-electron chi connectivity index (χ4n) is 1.07. The standard InChI is InChI=1S/C8H14F3NO3/c1-2-3-12(6-7(13)14)4-5-15-8(9,10)11/h2-6H2,1H3,(H,13,14). The maximum absolute atomic E-state index is 11.6. The maximum atomic E-state index is 11.6. The molecule has 0 aliphatic rings. The van der Waals surface area contributed by atoms with E-state index in [4.69, 9.17) is 5.11 Å². The van der Waals surface area contributed by atoms with Gasteiger partial charge < -0.3 is 5.11 Å². The summed E-state index contributed by atoms with van der Waals surface area (Å²) in [4.78, 5) is 11.7. The van der Waals surface area contributed by atoms with Crippen LogP contribution in [-0.2, 0) is 9.53 Å². The van der Waals surface area contributed by atoms with Gasteiger partial charge in [0, 0.05) is 6.54 Å². The Bertz CT molecular complexity index is 196. The van der Waals surface area contributed by atoms with Gasteiger partial charge in [0.25, 0.3) is 0 Å². The van der Waals surface area contributed by atoms with E-state index in [2.05, 4.69) is 4.74 Å². The van der Waals surface area contributed by atoms with Crippen molar-refractivity contribution < 1.29 is 27.8 Å². The Morgan fingerprint density at radius 2 is 2.00 bits per heavy atom. The van der Waals surface area contributed by atoms with E-state index in [0.29, 0.717) is 13.0 Å². The van der Waals surface area contributed by atoms with Crippen LogP contribution in [0.25, 0.3) is 0 Å². The van der Waals surface area contributed by atoms with Crippen LogP contribution in [0.15, 0.2) is 0 Å². The monoisotopic (exact) mass is 229 g/mol. The Labute approximate surface area is 85.6 Å². The van der Waals surface area contributed by atoms with Gasteiger partial charge in [-0.25, -0.2) is 0 Å². The molecule has 0 spiro atoms. The Kier molecular flexibility index (Phi) is 6.26. The van der Waals surface area contributed by atoms with E-state index in [9.17, 15) is 18.0 Å². The molecule has 0 aromatic carbocycles. The van der Waals surface area contributed by atoms with Crippen molar-refractivity contribution in [2.24, 2.45) is 0 Å². The van der Waals surface area contributed by atoms with Crippen LogP contribution in [0.3, 0.4) is 0 Å². The molecule has 0 saturated heterocycles. The molecule has 0 fully saturated rings. The average Bonchev–Trinajstić information content (AvgIpc) is 2.00. The number of ether oxygens (including phenoxy) is 1. The molecule has 0 radical (unpaired) electrons. The minimum Gasteiger partial charge on any atom is -0.480 e. The van der Waals surface area contributed by atoms with Crippen molar-refractivity contribution >= 4 is 5.97 Å². The second kappa shape index (κ2) is 6.62. The summed E-state index contributed by atoms with van der Waals surface area (Å²) in [6.45, 7) is 1.40. The van der Waals surface area contributed by atoms with Crippen LogP contribution in [0.2, 0.25) is 0 Å². The fraction of sp³-hybridized carbons (Fsp3) is 0.875. The molecule has 0 bridgehead atoms. The van der Waals surface area contributed by atoms with Crippen molar-refractivity contribution in [3.63, 3.8) is 0 Å². The first-order valence-corrected chi connectivity index (χ1v) is 4.50. The quantitative estimate of drug-likeness (QED) is 0.715. The molecule has 7 heteroatoms. The Morgan fingerprint density at radius 1 is 1.40 bits per heavy atom. The topological polar surface area (TPSA) is 49.8 Å². The third-order valence-electron chi connectivity index (χ3n) is 1.57. The highest BCUT2D eigenvalue weighted by Gasteiger charge is 2.28. The van der Waals surface area contributed by atoms with Crippen molar-refractivity contribution in [1.29, 1.82) is 0 Å². The van der Waals surface area contributed by atoms with Crippen molar-refractivity contribution in [2.45, 2.75) is 19.7 Å². The van der Waals surface area contributed by atoms with Gasteiger partial charge in [-0.05, 0) is 13.0 Å². The van der Waals surface area contributed by atoms with Crippen LogP contribution in [0.5, 0.6) is 0 Å². The van der Waals surface area contributed by atoms with Crippen LogP contribution >= 0.6 is 0 Å². The van der Waals surface area contributed by atoms with Crippen molar-refractivity contribution in [1.82, 2.24) is 4.90 Å². The number of hydrogen-bond donors (Lipinski definition) is 1. The van der Waals surface area contributed by atoms with E-state index >= 15 is 0 Å². The molecule has 4 nitrogen and oxygen atoms in total. The van der Waals surface area contributed by atoms with Gasteiger partial charge in [0.15, 0.2) is 0 Å². The molecular weight excluding hydrogens is 215 g/mol. The predicted molar refractivity (Wildman–Crippen MR) is 46.4 cm³/mol. The van der Waals surface area contributed by atoms with Crippen LogP contribution in [0.4, 0.5) is 13.2 Å². The van der Waals surface area contributed by atoms with E-state index in [1.54, 1.807) is 0 Å². The van der Waals surface area contributed by atoms with Crippen LogP contribution < -0.4 is 0 Å². The molecule has 90 valence electrons. The normalized spacial score (nSPS) is 12.1. The molecule has 0 aliphatic carbocycles. The molecule has 0 aliphatic heterocycles. The van der Waals surface area contributed by atoms with Crippen molar-refractivity contribution in [3.05, 3.63) is 0 Å². The second-order valence-corrected chi connectivity index (χ2v) is 2.96. The number of alkyl halides is 3. The van der Waals surface area contributed by atoms with Crippen molar-refractivity contribution in [2.75, 3.05) is 26.2 Å². The second-order valence-electron chi connectivity index (χ2n) is 2.96. The lowest BCUT2D eigenvalue weighted by molar-refractivity contribution is -0.324. The third kappa shape index (κ3) is 9.48. The van der Waals surface area contributed by atoms with Crippen molar-refractivity contribution in [3.8, 4) is 0 Å². The zero-order chi connectivity index (χ0) is 11.9.